The highest BCUT2D eigenvalue weighted by Gasteiger charge is 2.38. The van der Waals surface area contributed by atoms with E-state index < -0.39 is 0 Å². The van der Waals surface area contributed by atoms with Crippen LogP contribution in [0.2, 0.25) is 0 Å². The molecule has 0 saturated heterocycles. The van der Waals surface area contributed by atoms with Crippen LogP contribution in [0.1, 0.15) is 75.4 Å². The van der Waals surface area contributed by atoms with E-state index in [9.17, 15) is 4.79 Å². The van der Waals surface area contributed by atoms with E-state index in [1.807, 2.05) is 18.2 Å². The van der Waals surface area contributed by atoms with E-state index in [4.69, 9.17) is 9.47 Å². The molecule has 3 nitrogen and oxygen atoms in total. The Morgan fingerprint density at radius 2 is 1.68 bits per heavy atom. The number of rotatable bonds is 5. The maximum absolute atomic E-state index is 12.0. The van der Waals surface area contributed by atoms with E-state index in [1.54, 1.807) is 11.3 Å². The number of carbonyl (C=O) groups excluding carboxylic acids is 1. The SMILES string of the molecule is CCCOc1cc2c(cc1-c1cc3cc(C(=O)OC)ccc3s1)C(C)(C)CCC2(C)C. The molecule has 1 aliphatic carbocycles. The summed E-state index contributed by atoms with van der Waals surface area (Å²) < 4.78 is 12.3. The highest BCUT2D eigenvalue weighted by Crippen LogP contribution is 2.50. The first kappa shape index (κ1) is 21.9. The molecule has 0 radical (unpaired) electrons. The van der Waals surface area contributed by atoms with Crippen LogP contribution in [0.4, 0.5) is 0 Å². The second-order valence-corrected chi connectivity index (χ2v) is 10.9. The molecule has 4 heteroatoms. The van der Waals surface area contributed by atoms with Gasteiger partial charge < -0.3 is 9.47 Å². The molecule has 0 bridgehead atoms. The van der Waals surface area contributed by atoms with Crippen molar-refractivity contribution in [3.05, 3.63) is 53.1 Å². The number of benzene rings is 2. The lowest BCUT2D eigenvalue weighted by atomic mass is 9.63. The Bertz CT molecular complexity index is 1140. The average Bonchev–Trinajstić information content (AvgIpc) is 3.17. The Morgan fingerprint density at radius 3 is 2.32 bits per heavy atom. The van der Waals surface area contributed by atoms with E-state index in [0.717, 1.165) is 27.8 Å². The van der Waals surface area contributed by atoms with Crippen LogP contribution in [-0.2, 0) is 15.6 Å². The number of thiophene rings is 1. The number of fused-ring (bicyclic) bond motifs is 2. The Morgan fingerprint density at radius 1 is 1.00 bits per heavy atom. The molecule has 4 rings (SSSR count). The Balaban J connectivity index is 1.89. The molecule has 0 unspecified atom stereocenters. The fraction of sp³-hybridized carbons (Fsp3) is 0.444. The number of hydrogen-bond acceptors (Lipinski definition) is 4. The molecular weight excluding hydrogens is 404 g/mol. The van der Waals surface area contributed by atoms with Crippen LogP contribution in [0, 0.1) is 0 Å². The number of methoxy groups -OCH3 is 1. The van der Waals surface area contributed by atoms with Gasteiger partial charge in [-0.3, -0.25) is 0 Å². The van der Waals surface area contributed by atoms with Gasteiger partial charge >= 0.3 is 5.97 Å². The van der Waals surface area contributed by atoms with Gasteiger partial charge in [-0.15, -0.1) is 11.3 Å². The maximum Gasteiger partial charge on any atom is 0.337 e. The highest BCUT2D eigenvalue weighted by atomic mass is 32.1. The number of carbonyl (C=O) groups is 1. The lowest BCUT2D eigenvalue weighted by molar-refractivity contribution is 0.0601. The molecule has 0 spiro atoms. The van der Waals surface area contributed by atoms with Gasteiger partial charge in [-0.1, -0.05) is 34.6 Å². The largest absolute Gasteiger partial charge is 0.493 e. The van der Waals surface area contributed by atoms with E-state index in [1.165, 1.54) is 36.0 Å². The Hall–Kier alpha value is -2.33. The summed E-state index contributed by atoms with van der Waals surface area (Å²) in [5, 5.41) is 1.06. The minimum atomic E-state index is -0.306. The van der Waals surface area contributed by atoms with Gasteiger partial charge in [0.2, 0.25) is 0 Å². The van der Waals surface area contributed by atoms with Crippen LogP contribution < -0.4 is 4.74 Å². The van der Waals surface area contributed by atoms with E-state index >= 15 is 0 Å². The average molecular weight is 437 g/mol. The van der Waals surface area contributed by atoms with Crippen molar-refractivity contribution in [2.24, 2.45) is 0 Å². The van der Waals surface area contributed by atoms with E-state index in [2.05, 4.69) is 52.8 Å². The van der Waals surface area contributed by atoms with Crippen molar-refractivity contribution in [1.82, 2.24) is 0 Å². The molecule has 3 aromatic rings. The van der Waals surface area contributed by atoms with Crippen molar-refractivity contribution >= 4 is 27.4 Å². The summed E-state index contributed by atoms with van der Waals surface area (Å²) in [6.07, 6.45) is 3.33. The fourth-order valence-corrected chi connectivity index (χ4v) is 5.60. The summed E-state index contributed by atoms with van der Waals surface area (Å²) in [4.78, 5) is 13.1. The molecule has 0 amide bonds. The Kier molecular flexibility index (Phi) is 5.63. The molecule has 0 fully saturated rings. The summed E-state index contributed by atoms with van der Waals surface area (Å²) in [7, 11) is 1.42. The summed E-state index contributed by atoms with van der Waals surface area (Å²) >= 11 is 1.74. The third-order valence-corrected chi connectivity index (χ3v) is 7.77. The highest BCUT2D eigenvalue weighted by molar-refractivity contribution is 7.22. The zero-order valence-corrected chi connectivity index (χ0v) is 20.2. The first-order valence-electron chi connectivity index (χ1n) is 11.1. The number of esters is 1. The second kappa shape index (κ2) is 7.98. The van der Waals surface area contributed by atoms with Crippen molar-refractivity contribution in [3.63, 3.8) is 0 Å². The number of ether oxygens (including phenoxy) is 2. The number of hydrogen-bond donors (Lipinski definition) is 0. The molecule has 0 atom stereocenters. The molecule has 1 aromatic heterocycles. The van der Waals surface area contributed by atoms with Gasteiger partial charge in [0.05, 0.1) is 19.3 Å². The minimum Gasteiger partial charge on any atom is -0.493 e. The van der Waals surface area contributed by atoms with E-state index in [-0.39, 0.29) is 16.8 Å². The Labute approximate surface area is 189 Å². The quantitative estimate of drug-likeness (QED) is 0.389. The topological polar surface area (TPSA) is 35.5 Å². The van der Waals surface area contributed by atoms with Crippen molar-refractivity contribution in [2.75, 3.05) is 13.7 Å². The van der Waals surface area contributed by atoms with Crippen LogP contribution in [-0.4, -0.2) is 19.7 Å². The molecule has 0 N–H and O–H groups in total. The van der Waals surface area contributed by atoms with Crippen molar-refractivity contribution in [1.29, 1.82) is 0 Å². The van der Waals surface area contributed by atoms with Crippen LogP contribution in [0.3, 0.4) is 0 Å². The lowest BCUT2D eigenvalue weighted by Crippen LogP contribution is -2.33. The van der Waals surface area contributed by atoms with Gasteiger partial charge in [0.1, 0.15) is 5.75 Å². The van der Waals surface area contributed by atoms with Crippen LogP contribution in [0.5, 0.6) is 5.75 Å². The maximum atomic E-state index is 12.0. The van der Waals surface area contributed by atoms with Crippen LogP contribution in [0.25, 0.3) is 20.5 Å². The first-order valence-corrected chi connectivity index (χ1v) is 11.9. The summed E-state index contributed by atoms with van der Waals surface area (Å²) in [5.41, 5.74) is 4.85. The normalized spacial score (nSPS) is 16.7. The molecule has 0 aliphatic heterocycles. The van der Waals surface area contributed by atoms with Gasteiger partial charge in [0, 0.05) is 15.1 Å². The monoisotopic (exact) mass is 436 g/mol. The van der Waals surface area contributed by atoms with Crippen LogP contribution in [0.15, 0.2) is 36.4 Å². The fourth-order valence-electron chi connectivity index (χ4n) is 4.54. The molecule has 1 heterocycles. The van der Waals surface area contributed by atoms with Gasteiger partial charge in [-0.05, 0) is 83.0 Å². The van der Waals surface area contributed by atoms with Gasteiger partial charge in [0.15, 0.2) is 0 Å². The summed E-state index contributed by atoms with van der Waals surface area (Å²) in [6.45, 7) is 12.2. The predicted molar refractivity (Wildman–Crippen MR) is 130 cm³/mol. The molecule has 0 saturated carbocycles. The molecule has 31 heavy (non-hydrogen) atoms. The zero-order chi connectivity index (χ0) is 22.4. The summed E-state index contributed by atoms with van der Waals surface area (Å²) in [6, 6.07) is 12.6. The van der Waals surface area contributed by atoms with Crippen molar-refractivity contribution in [2.45, 2.75) is 64.7 Å². The van der Waals surface area contributed by atoms with Gasteiger partial charge in [0.25, 0.3) is 0 Å². The standard InChI is InChI=1S/C27H32O3S/c1-7-12-30-22-16-21-20(26(2,3)10-11-27(21,4)5)15-19(22)24-14-18-13-17(25(28)29-6)8-9-23(18)31-24/h8-9,13-16H,7,10-12H2,1-6H3. The molecular formula is C27H32O3S. The second-order valence-electron chi connectivity index (χ2n) is 9.87. The minimum absolute atomic E-state index is 0.137. The third kappa shape index (κ3) is 3.98. The first-order chi connectivity index (χ1) is 14.7. The van der Waals surface area contributed by atoms with Crippen molar-refractivity contribution < 1.29 is 14.3 Å². The van der Waals surface area contributed by atoms with Crippen molar-refractivity contribution in [3.8, 4) is 16.2 Å². The van der Waals surface area contributed by atoms with Gasteiger partial charge in [-0.2, -0.15) is 0 Å². The van der Waals surface area contributed by atoms with Crippen LogP contribution >= 0.6 is 11.3 Å². The lowest BCUT2D eigenvalue weighted by Gasteiger charge is -2.42. The summed E-state index contributed by atoms with van der Waals surface area (Å²) in [5.74, 6) is 0.658. The van der Waals surface area contributed by atoms with E-state index in [0.29, 0.717) is 12.2 Å². The predicted octanol–water partition coefficient (Wildman–Crippen LogP) is 7.49. The van der Waals surface area contributed by atoms with Gasteiger partial charge in [-0.25, -0.2) is 4.79 Å². The molecule has 1 aliphatic rings. The third-order valence-electron chi connectivity index (χ3n) is 6.62. The zero-order valence-electron chi connectivity index (χ0n) is 19.4. The molecule has 2 aromatic carbocycles. The smallest absolute Gasteiger partial charge is 0.337 e. The molecule has 164 valence electrons.